The van der Waals surface area contributed by atoms with Crippen LogP contribution >= 0.6 is 0 Å². The van der Waals surface area contributed by atoms with Crippen molar-refractivity contribution in [3.8, 4) is 11.3 Å². The molecule has 0 amide bonds. The molecule has 108 valence electrons. The molecular formula is C15H23N5. The number of nitrogens with one attached hydrogen (secondary N) is 1. The third-order valence-electron chi connectivity index (χ3n) is 3.00. The highest BCUT2D eigenvalue weighted by atomic mass is 15.3. The Kier molecular flexibility index (Phi) is 4.71. The van der Waals surface area contributed by atoms with Gasteiger partial charge in [-0.25, -0.2) is 9.97 Å². The summed E-state index contributed by atoms with van der Waals surface area (Å²) in [6.45, 7) is 10.2. The minimum atomic E-state index is 0.304. The Morgan fingerprint density at radius 3 is 2.70 bits per heavy atom. The second kappa shape index (κ2) is 6.50. The molecule has 5 nitrogen and oxygen atoms in total. The number of aromatic nitrogens is 4. The maximum Gasteiger partial charge on any atom is 0.133 e. The lowest BCUT2D eigenvalue weighted by Crippen LogP contribution is -2.05. The number of aryl methyl sites for hydroxylation is 1. The molecule has 0 unspecified atom stereocenters. The first kappa shape index (κ1) is 14.5. The molecule has 0 atom stereocenters. The molecule has 0 aliphatic rings. The van der Waals surface area contributed by atoms with E-state index < -0.39 is 0 Å². The summed E-state index contributed by atoms with van der Waals surface area (Å²) in [6.07, 6.45) is 4.99. The van der Waals surface area contributed by atoms with Gasteiger partial charge in [0.1, 0.15) is 11.6 Å². The molecular weight excluding hydrogens is 250 g/mol. The van der Waals surface area contributed by atoms with Crippen LogP contribution in [0.3, 0.4) is 0 Å². The van der Waals surface area contributed by atoms with Gasteiger partial charge in [-0.1, -0.05) is 20.8 Å². The minimum Gasteiger partial charge on any atom is -0.370 e. The fourth-order valence-corrected chi connectivity index (χ4v) is 1.99. The van der Waals surface area contributed by atoms with Crippen molar-refractivity contribution in [2.24, 2.45) is 0 Å². The van der Waals surface area contributed by atoms with Gasteiger partial charge in [-0.05, 0) is 13.3 Å². The van der Waals surface area contributed by atoms with Crippen LogP contribution < -0.4 is 5.32 Å². The molecule has 1 N–H and O–H groups in total. The summed E-state index contributed by atoms with van der Waals surface area (Å²) in [5, 5.41) is 7.63. The lowest BCUT2D eigenvalue weighted by Gasteiger charge is -2.10. The maximum atomic E-state index is 4.65. The maximum absolute atomic E-state index is 4.65. The smallest absolute Gasteiger partial charge is 0.133 e. The topological polar surface area (TPSA) is 55.6 Å². The Hall–Kier alpha value is -1.91. The van der Waals surface area contributed by atoms with Gasteiger partial charge in [0.25, 0.3) is 0 Å². The standard InChI is InChI=1S/C15H23N5/c1-5-7-20-10-12(9-17-20)13-8-14(16-6-2)19-15(18-13)11(3)4/h8-11H,5-7H2,1-4H3,(H,16,18,19). The van der Waals surface area contributed by atoms with Gasteiger partial charge in [-0.15, -0.1) is 0 Å². The Balaban J connectivity index is 2.37. The monoisotopic (exact) mass is 273 g/mol. The second-order valence-electron chi connectivity index (χ2n) is 5.17. The van der Waals surface area contributed by atoms with Crippen LogP contribution in [0.1, 0.15) is 45.9 Å². The SMILES string of the molecule is CCCn1cc(-c2cc(NCC)nc(C(C)C)n2)cn1. The van der Waals surface area contributed by atoms with Crippen LogP contribution in [-0.2, 0) is 6.54 Å². The van der Waals surface area contributed by atoms with Crippen LogP contribution in [-0.4, -0.2) is 26.3 Å². The first-order valence-corrected chi connectivity index (χ1v) is 7.29. The number of hydrogen-bond donors (Lipinski definition) is 1. The molecule has 5 heteroatoms. The van der Waals surface area contributed by atoms with Gasteiger partial charge >= 0.3 is 0 Å². The number of nitrogens with zero attached hydrogens (tertiary/aromatic N) is 4. The molecule has 0 saturated carbocycles. The number of hydrogen-bond acceptors (Lipinski definition) is 4. The van der Waals surface area contributed by atoms with E-state index in [1.54, 1.807) is 0 Å². The van der Waals surface area contributed by atoms with Gasteiger partial charge in [0.05, 0.1) is 11.9 Å². The van der Waals surface area contributed by atoms with Gasteiger partial charge < -0.3 is 5.32 Å². The van der Waals surface area contributed by atoms with Gasteiger partial charge in [-0.3, -0.25) is 4.68 Å². The van der Waals surface area contributed by atoms with Gasteiger partial charge in [0.2, 0.25) is 0 Å². The van der Waals surface area contributed by atoms with Crippen LogP contribution in [0.25, 0.3) is 11.3 Å². The molecule has 2 aromatic rings. The largest absolute Gasteiger partial charge is 0.370 e. The predicted molar refractivity (Wildman–Crippen MR) is 81.8 cm³/mol. The van der Waals surface area contributed by atoms with Crippen LogP contribution in [0, 0.1) is 0 Å². The Bertz CT molecular complexity index is 559. The molecule has 0 spiro atoms. The third kappa shape index (κ3) is 3.35. The van der Waals surface area contributed by atoms with E-state index in [4.69, 9.17) is 0 Å². The summed E-state index contributed by atoms with van der Waals surface area (Å²) < 4.78 is 1.96. The lowest BCUT2D eigenvalue weighted by atomic mass is 10.2. The predicted octanol–water partition coefficient (Wildman–Crippen LogP) is 3.31. The molecule has 2 heterocycles. The minimum absolute atomic E-state index is 0.304. The average Bonchev–Trinajstić information content (AvgIpc) is 2.88. The van der Waals surface area contributed by atoms with Crippen molar-refractivity contribution in [1.29, 1.82) is 0 Å². The van der Waals surface area contributed by atoms with Crippen molar-refractivity contribution in [3.05, 3.63) is 24.3 Å². The third-order valence-corrected chi connectivity index (χ3v) is 3.00. The zero-order valence-electron chi connectivity index (χ0n) is 12.7. The fourth-order valence-electron chi connectivity index (χ4n) is 1.99. The fraction of sp³-hybridized carbons (Fsp3) is 0.533. The van der Waals surface area contributed by atoms with E-state index in [-0.39, 0.29) is 0 Å². The molecule has 0 bridgehead atoms. The highest BCUT2D eigenvalue weighted by Gasteiger charge is 2.10. The second-order valence-corrected chi connectivity index (χ2v) is 5.17. The molecule has 0 aliphatic carbocycles. The van der Waals surface area contributed by atoms with E-state index in [9.17, 15) is 0 Å². The summed E-state index contributed by atoms with van der Waals surface area (Å²) >= 11 is 0. The highest BCUT2D eigenvalue weighted by Crippen LogP contribution is 2.22. The Morgan fingerprint density at radius 2 is 2.05 bits per heavy atom. The molecule has 0 aliphatic heterocycles. The molecule has 2 rings (SSSR count). The molecule has 0 saturated heterocycles. The van der Waals surface area contributed by atoms with Gasteiger partial charge in [0, 0.05) is 36.8 Å². The van der Waals surface area contributed by atoms with Crippen LogP contribution in [0.5, 0.6) is 0 Å². The van der Waals surface area contributed by atoms with Crippen molar-refractivity contribution < 1.29 is 0 Å². The van der Waals surface area contributed by atoms with Crippen LogP contribution in [0.2, 0.25) is 0 Å². The van der Waals surface area contributed by atoms with Gasteiger partial charge in [0.15, 0.2) is 0 Å². The van der Waals surface area contributed by atoms with Crippen molar-refractivity contribution in [2.75, 3.05) is 11.9 Å². The molecule has 0 aromatic carbocycles. The van der Waals surface area contributed by atoms with E-state index in [0.29, 0.717) is 5.92 Å². The summed E-state index contributed by atoms with van der Waals surface area (Å²) in [7, 11) is 0. The lowest BCUT2D eigenvalue weighted by molar-refractivity contribution is 0.603. The van der Waals surface area contributed by atoms with Crippen molar-refractivity contribution >= 4 is 5.82 Å². The van der Waals surface area contributed by atoms with Crippen LogP contribution in [0.15, 0.2) is 18.5 Å². The van der Waals surface area contributed by atoms with Gasteiger partial charge in [-0.2, -0.15) is 5.10 Å². The average molecular weight is 273 g/mol. The molecule has 2 aromatic heterocycles. The first-order chi connectivity index (χ1) is 9.63. The number of rotatable bonds is 6. The summed E-state index contributed by atoms with van der Waals surface area (Å²) in [5.41, 5.74) is 1.98. The van der Waals surface area contributed by atoms with E-state index in [1.165, 1.54) is 0 Å². The summed E-state index contributed by atoms with van der Waals surface area (Å²) in [4.78, 5) is 9.20. The van der Waals surface area contributed by atoms with E-state index in [0.717, 1.165) is 42.4 Å². The zero-order chi connectivity index (χ0) is 14.5. The van der Waals surface area contributed by atoms with E-state index in [2.05, 4.69) is 48.1 Å². The molecule has 0 radical (unpaired) electrons. The van der Waals surface area contributed by atoms with Crippen molar-refractivity contribution in [1.82, 2.24) is 19.7 Å². The quantitative estimate of drug-likeness (QED) is 0.877. The highest BCUT2D eigenvalue weighted by molar-refractivity contribution is 5.61. The molecule has 20 heavy (non-hydrogen) atoms. The van der Waals surface area contributed by atoms with E-state index >= 15 is 0 Å². The van der Waals surface area contributed by atoms with E-state index in [1.807, 2.05) is 23.1 Å². The Morgan fingerprint density at radius 1 is 1.25 bits per heavy atom. The summed E-state index contributed by atoms with van der Waals surface area (Å²) in [5.74, 6) is 2.05. The normalized spacial score (nSPS) is 11.1. The van der Waals surface area contributed by atoms with Crippen molar-refractivity contribution in [3.63, 3.8) is 0 Å². The Labute approximate surface area is 120 Å². The summed E-state index contributed by atoms with van der Waals surface area (Å²) in [6, 6.07) is 1.99. The first-order valence-electron chi connectivity index (χ1n) is 7.29. The zero-order valence-corrected chi connectivity index (χ0v) is 12.7. The molecule has 0 fully saturated rings. The van der Waals surface area contributed by atoms with Crippen molar-refractivity contribution in [2.45, 2.75) is 46.6 Å². The number of anilines is 1. The van der Waals surface area contributed by atoms with Crippen LogP contribution in [0.4, 0.5) is 5.82 Å².